The summed E-state index contributed by atoms with van der Waals surface area (Å²) in [6.07, 6.45) is 6.69. The average Bonchev–Trinajstić information content (AvgIpc) is 2.75. The summed E-state index contributed by atoms with van der Waals surface area (Å²) in [5, 5.41) is 0. The quantitative estimate of drug-likeness (QED) is 0.756. The van der Waals surface area contributed by atoms with Crippen molar-refractivity contribution < 1.29 is 12.6 Å². The summed E-state index contributed by atoms with van der Waals surface area (Å²) >= 11 is 0. The minimum absolute atomic E-state index is 0.123. The maximum atomic E-state index is 11.0. The molecule has 6 heteroatoms. The lowest BCUT2D eigenvalue weighted by Crippen LogP contribution is -2.27. The van der Waals surface area contributed by atoms with Gasteiger partial charge in [0.2, 0.25) is 0 Å². The normalized spacial score (nSPS) is 21.8. The summed E-state index contributed by atoms with van der Waals surface area (Å²) in [7, 11) is -3.37. The topological polar surface area (TPSA) is 59.5 Å². The second-order valence-corrected chi connectivity index (χ2v) is 5.85. The van der Waals surface area contributed by atoms with Crippen LogP contribution in [0.5, 0.6) is 0 Å². The van der Waals surface area contributed by atoms with E-state index < -0.39 is 10.1 Å². The molecule has 1 saturated heterocycles. The third-order valence-corrected chi connectivity index (χ3v) is 3.40. The van der Waals surface area contributed by atoms with E-state index >= 15 is 0 Å². The van der Waals surface area contributed by atoms with Crippen LogP contribution in [0, 0.1) is 0 Å². The van der Waals surface area contributed by atoms with Gasteiger partial charge in [0.1, 0.15) is 6.73 Å². The molecule has 0 amide bonds. The van der Waals surface area contributed by atoms with Gasteiger partial charge in [-0.15, -0.1) is 0 Å². The second-order valence-electron chi connectivity index (χ2n) is 4.21. The van der Waals surface area contributed by atoms with E-state index in [2.05, 4.69) is 4.98 Å². The molecule has 94 valence electrons. The zero-order valence-corrected chi connectivity index (χ0v) is 10.6. The number of aromatic nitrogens is 1. The van der Waals surface area contributed by atoms with Crippen molar-refractivity contribution in [1.29, 1.82) is 0 Å². The Morgan fingerprint density at radius 1 is 1.59 bits per heavy atom. The Bertz CT molecular complexity index is 461. The Morgan fingerprint density at radius 3 is 3.06 bits per heavy atom. The number of pyridine rings is 1. The highest BCUT2D eigenvalue weighted by molar-refractivity contribution is 7.85. The molecule has 1 aromatic rings. The molecule has 1 aliphatic rings. The zero-order valence-electron chi connectivity index (χ0n) is 9.74. The van der Waals surface area contributed by atoms with E-state index in [1.807, 2.05) is 23.2 Å². The summed E-state index contributed by atoms with van der Waals surface area (Å²) in [5.41, 5.74) is 1.11. The lowest BCUT2D eigenvalue weighted by atomic mass is 10.1. The van der Waals surface area contributed by atoms with Crippen LogP contribution in [0.2, 0.25) is 0 Å². The van der Waals surface area contributed by atoms with Crippen LogP contribution in [-0.2, 0) is 14.3 Å². The molecule has 0 spiro atoms. The Hall–Kier alpha value is -0.980. The summed E-state index contributed by atoms with van der Waals surface area (Å²) < 4.78 is 26.8. The fourth-order valence-corrected chi connectivity index (χ4v) is 2.42. The third-order valence-electron chi connectivity index (χ3n) is 2.87. The molecule has 2 heterocycles. The number of rotatable bonds is 4. The van der Waals surface area contributed by atoms with Crippen molar-refractivity contribution in [2.45, 2.75) is 18.9 Å². The maximum Gasteiger partial charge on any atom is 0.265 e. The van der Waals surface area contributed by atoms with E-state index in [0.717, 1.165) is 31.2 Å². The van der Waals surface area contributed by atoms with Crippen LogP contribution in [0.1, 0.15) is 24.4 Å². The van der Waals surface area contributed by atoms with Crippen molar-refractivity contribution in [2.24, 2.45) is 0 Å². The van der Waals surface area contributed by atoms with E-state index in [9.17, 15) is 8.42 Å². The summed E-state index contributed by atoms with van der Waals surface area (Å²) in [4.78, 5) is 6.11. The molecule has 1 fully saturated rings. The molecule has 1 atom stereocenters. The molecule has 0 aromatic carbocycles. The predicted octanol–water partition coefficient (Wildman–Crippen LogP) is 1.15. The Kier molecular flexibility index (Phi) is 3.76. The van der Waals surface area contributed by atoms with Crippen molar-refractivity contribution in [3.8, 4) is 0 Å². The van der Waals surface area contributed by atoms with Gasteiger partial charge in [-0.05, 0) is 24.5 Å². The summed E-state index contributed by atoms with van der Waals surface area (Å²) in [6.45, 7) is 0.980. The highest BCUT2D eigenvalue weighted by atomic mass is 32.2. The molecule has 1 aromatic heterocycles. The van der Waals surface area contributed by atoms with Crippen LogP contribution >= 0.6 is 0 Å². The van der Waals surface area contributed by atoms with Gasteiger partial charge in [-0.3, -0.25) is 14.1 Å². The van der Waals surface area contributed by atoms with Gasteiger partial charge in [0.25, 0.3) is 10.1 Å². The van der Waals surface area contributed by atoms with Gasteiger partial charge < -0.3 is 0 Å². The van der Waals surface area contributed by atoms with Crippen molar-refractivity contribution in [1.82, 2.24) is 9.88 Å². The van der Waals surface area contributed by atoms with E-state index in [-0.39, 0.29) is 12.8 Å². The van der Waals surface area contributed by atoms with Crippen molar-refractivity contribution in [2.75, 3.05) is 19.5 Å². The first-order valence-electron chi connectivity index (χ1n) is 5.54. The highest BCUT2D eigenvalue weighted by Gasteiger charge is 2.26. The van der Waals surface area contributed by atoms with Gasteiger partial charge in [0.15, 0.2) is 0 Å². The van der Waals surface area contributed by atoms with E-state index in [4.69, 9.17) is 4.18 Å². The lowest BCUT2D eigenvalue weighted by Gasteiger charge is -2.23. The molecule has 1 aliphatic heterocycles. The average molecular weight is 256 g/mol. The fraction of sp³-hybridized carbons (Fsp3) is 0.545. The van der Waals surface area contributed by atoms with Gasteiger partial charge in [-0.1, -0.05) is 6.07 Å². The smallest absolute Gasteiger partial charge is 0.265 e. The first-order valence-corrected chi connectivity index (χ1v) is 7.36. The molecule has 0 N–H and O–H groups in total. The Balaban J connectivity index is 2.03. The third kappa shape index (κ3) is 3.49. The van der Waals surface area contributed by atoms with Crippen LogP contribution < -0.4 is 0 Å². The first kappa shape index (κ1) is 12.5. The summed E-state index contributed by atoms with van der Waals surface area (Å²) in [5.74, 6) is 0. The molecule has 2 rings (SSSR count). The minimum Gasteiger partial charge on any atom is -0.273 e. The zero-order chi connectivity index (χ0) is 12.3. The number of hydrogen-bond acceptors (Lipinski definition) is 5. The van der Waals surface area contributed by atoms with E-state index in [1.54, 1.807) is 6.20 Å². The Morgan fingerprint density at radius 2 is 2.41 bits per heavy atom. The SMILES string of the molecule is CS(=O)(=O)OCN1CCCC1c1cccnc1. The second kappa shape index (κ2) is 5.12. The van der Waals surface area contributed by atoms with Crippen LogP contribution in [0.15, 0.2) is 24.5 Å². The molecule has 5 nitrogen and oxygen atoms in total. The lowest BCUT2D eigenvalue weighted by molar-refractivity contribution is 0.120. The van der Waals surface area contributed by atoms with Gasteiger partial charge in [0.05, 0.1) is 6.26 Å². The van der Waals surface area contributed by atoms with Crippen molar-refractivity contribution in [3.05, 3.63) is 30.1 Å². The number of hydrogen-bond donors (Lipinski definition) is 0. The maximum absolute atomic E-state index is 11.0. The number of likely N-dealkylation sites (tertiary alicyclic amines) is 1. The highest BCUT2D eigenvalue weighted by Crippen LogP contribution is 2.31. The predicted molar refractivity (Wildman–Crippen MR) is 63.7 cm³/mol. The van der Waals surface area contributed by atoms with Crippen LogP contribution in [0.3, 0.4) is 0 Å². The monoisotopic (exact) mass is 256 g/mol. The summed E-state index contributed by atoms with van der Waals surface area (Å²) in [6, 6.07) is 4.12. The molecular formula is C11H16N2O3S. The van der Waals surface area contributed by atoms with Crippen molar-refractivity contribution in [3.63, 3.8) is 0 Å². The van der Waals surface area contributed by atoms with E-state index in [0.29, 0.717) is 0 Å². The molecule has 1 unspecified atom stereocenters. The van der Waals surface area contributed by atoms with Gasteiger partial charge >= 0.3 is 0 Å². The minimum atomic E-state index is -3.37. The molecule has 17 heavy (non-hydrogen) atoms. The van der Waals surface area contributed by atoms with Gasteiger partial charge in [0, 0.05) is 25.0 Å². The molecular weight excluding hydrogens is 240 g/mol. The molecule has 0 aliphatic carbocycles. The van der Waals surface area contributed by atoms with E-state index in [1.165, 1.54) is 0 Å². The Labute approximate surface area is 102 Å². The molecule has 0 radical (unpaired) electrons. The molecule has 0 saturated carbocycles. The van der Waals surface area contributed by atoms with Crippen molar-refractivity contribution >= 4 is 10.1 Å². The standard InChI is InChI=1S/C11H16N2O3S/c1-17(14,15)16-9-13-7-3-5-11(13)10-4-2-6-12-8-10/h2,4,6,8,11H,3,5,7,9H2,1H3. The molecule has 0 bridgehead atoms. The van der Waals surface area contributed by atoms with Crippen LogP contribution in [0.25, 0.3) is 0 Å². The first-order chi connectivity index (χ1) is 8.06. The number of nitrogens with zero attached hydrogens (tertiary/aromatic N) is 2. The largest absolute Gasteiger partial charge is 0.273 e. The van der Waals surface area contributed by atoms with Crippen LogP contribution in [0.4, 0.5) is 0 Å². The van der Waals surface area contributed by atoms with Gasteiger partial charge in [-0.25, -0.2) is 0 Å². The fourth-order valence-electron chi connectivity index (χ4n) is 2.09. The van der Waals surface area contributed by atoms with Gasteiger partial charge in [-0.2, -0.15) is 8.42 Å². The van der Waals surface area contributed by atoms with Crippen LogP contribution in [-0.4, -0.2) is 37.8 Å².